The van der Waals surface area contributed by atoms with E-state index >= 15 is 0 Å². The standard InChI is InChI=1S/C8H14O7.C6H12O6.C2H6O/c1-4(11)15-6(3-10)8(14)7(13)5(12)2-9;7-1-3(9)5(11)6(12)4(10)2-8;1-2-3/h3,5-9,12-14H,2H2,1H3;1,3-6,8-12H,2H2;3H,2H2,1H3/t5-,6+,7-,8-;3-,4+,5+,6+;/m10./s1. The highest BCUT2D eigenvalue weighted by atomic mass is 16.6. The number of carbonyl (C=O) groups is 3. The number of hydrogen-bond acceptors (Lipinski definition) is 14. The van der Waals surface area contributed by atoms with Gasteiger partial charge >= 0.3 is 5.97 Å². The molecule has 0 aromatic heterocycles. The van der Waals surface area contributed by atoms with E-state index in [1.54, 1.807) is 6.92 Å². The second-order valence-corrected chi connectivity index (χ2v) is 5.62. The molecule has 0 aliphatic carbocycles. The van der Waals surface area contributed by atoms with Gasteiger partial charge in [0.1, 0.15) is 42.7 Å². The molecule has 0 radical (unpaired) electrons. The molecule has 0 aromatic carbocycles. The molecule has 0 fully saturated rings. The van der Waals surface area contributed by atoms with Crippen molar-refractivity contribution in [2.75, 3.05) is 19.8 Å². The first-order valence-electron chi connectivity index (χ1n) is 8.56. The zero-order valence-electron chi connectivity index (χ0n) is 16.5. The lowest BCUT2D eigenvalue weighted by Gasteiger charge is -2.24. The van der Waals surface area contributed by atoms with Crippen molar-refractivity contribution in [3.05, 3.63) is 0 Å². The van der Waals surface area contributed by atoms with Crippen LogP contribution in [0.5, 0.6) is 0 Å². The topological polar surface area (TPSA) is 263 Å². The van der Waals surface area contributed by atoms with E-state index in [9.17, 15) is 24.6 Å². The molecule has 0 saturated carbocycles. The number of hydrogen-bond donors (Lipinski definition) is 10. The maximum atomic E-state index is 10.5. The summed E-state index contributed by atoms with van der Waals surface area (Å²) < 4.78 is 4.37. The molecule has 180 valence electrons. The van der Waals surface area contributed by atoms with Crippen LogP contribution in [0.2, 0.25) is 0 Å². The van der Waals surface area contributed by atoms with Gasteiger partial charge in [0.15, 0.2) is 18.7 Å². The minimum atomic E-state index is -1.79. The highest BCUT2D eigenvalue weighted by Crippen LogP contribution is 2.07. The van der Waals surface area contributed by atoms with Crippen molar-refractivity contribution in [3.8, 4) is 0 Å². The van der Waals surface area contributed by atoms with E-state index in [4.69, 9.17) is 40.9 Å². The van der Waals surface area contributed by atoms with Crippen molar-refractivity contribution in [3.63, 3.8) is 0 Å². The third-order valence-corrected chi connectivity index (χ3v) is 3.12. The number of carbonyl (C=O) groups excluding carboxylic acids is 3. The number of aliphatic hydroxyl groups is 10. The van der Waals surface area contributed by atoms with Crippen molar-refractivity contribution in [1.29, 1.82) is 0 Å². The van der Waals surface area contributed by atoms with Crippen LogP contribution in [0.15, 0.2) is 0 Å². The maximum absolute atomic E-state index is 10.5. The third-order valence-electron chi connectivity index (χ3n) is 3.12. The SMILES string of the molecule is CC(=O)O[C@@H](C=O)[C@@H](O)[C@H](O)[C@H](O)CO.CCO.O=C[C@H](O)[C@@H](O)[C@H](O)[C@H](O)CO. The fraction of sp³-hybridized carbons (Fsp3) is 0.812. The molecule has 0 bridgehead atoms. The van der Waals surface area contributed by atoms with E-state index in [2.05, 4.69) is 4.74 Å². The van der Waals surface area contributed by atoms with Crippen molar-refractivity contribution in [1.82, 2.24) is 0 Å². The van der Waals surface area contributed by atoms with Gasteiger partial charge in [0.25, 0.3) is 0 Å². The molecule has 30 heavy (non-hydrogen) atoms. The summed E-state index contributed by atoms with van der Waals surface area (Å²) in [6.45, 7) is 1.41. The summed E-state index contributed by atoms with van der Waals surface area (Å²) in [7, 11) is 0. The number of aldehydes is 2. The maximum Gasteiger partial charge on any atom is 0.303 e. The Morgan fingerprint density at radius 3 is 1.40 bits per heavy atom. The predicted molar refractivity (Wildman–Crippen MR) is 96.7 cm³/mol. The Kier molecular flexibility index (Phi) is 21.4. The molecule has 0 saturated heterocycles. The van der Waals surface area contributed by atoms with Gasteiger partial charge in [-0.15, -0.1) is 0 Å². The average Bonchev–Trinajstić information content (AvgIpc) is 2.74. The van der Waals surface area contributed by atoms with Crippen LogP contribution in [0, 0.1) is 0 Å². The van der Waals surface area contributed by atoms with Crippen LogP contribution in [0.3, 0.4) is 0 Å². The van der Waals surface area contributed by atoms with Crippen LogP contribution in [0.25, 0.3) is 0 Å². The Morgan fingerprint density at radius 1 is 0.767 bits per heavy atom. The molecule has 14 heteroatoms. The summed E-state index contributed by atoms with van der Waals surface area (Å²) >= 11 is 0. The molecule has 8 atom stereocenters. The van der Waals surface area contributed by atoms with E-state index < -0.39 is 68.0 Å². The van der Waals surface area contributed by atoms with Gasteiger partial charge in [-0.05, 0) is 6.92 Å². The molecular weight excluding hydrogens is 416 g/mol. The average molecular weight is 448 g/mol. The van der Waals surface area contributed by atoms with Gasteiger partial charge in [0.2, 0.25) is 0 Å². The normalized spacial score (nSPS) is 18.4. The first kappa shape index (κ1) is 33.1. The summed E-state index contributed by atoms with van der Waals surface area (Å²) in [6, 6.07) is 0. The second kappa shape index (κ2) is 19.4. The van der Waals surface area contributed by atoms with Gasteiger partial charge in [-0.25, -0.2) is 0 Å². The zero-order chi connectivity index (χ0) is 24.4. The fourth-order valence-corrected chi connectivity index (χ4v) is 1.52. The molecule has 0 rings (SSSR count). The minimum absolute atomic E-state index is 0.0258. The van der Waals surface area contributed by atoms with Crippen molar-refractivity contribution >= 4 is 18.5 Å². The quantitative estimate of drug-likeness (QED) is 0.104. The van der Waals surface area contributed by atoms with Crippen molar-refractivity contribution < 1.29 is 70.2 Å². The number of aliphatic hydroxyl groups excluding tert-OH is 10. The summed E-state index contributed by atoms with van der Waals surface area (Å²) in [4.78, 5) is 30.8. The summed E-state index contributed by atoms with van der Waals surface area (Å²) in [6.07, 6.45) is -13.5. The third kappa shape index (κ3) is 14.4. The van der Waals surface area contributed by atoms with Crippen LogP contribution in [-0.4, -0.2) is 138 Å². The van der Waals surface area contributed by atoms with E-state index in [-0.39, 0.29) is 19.2 Å². The number of rotatable bonds is 11. The van der Waals surface area contributed by atoms with Crippen molar-refractivity contribution in [2.45, 2.75) is 62.7 Å². The first-order valence-corrected chi connectivity index (χ1v) is 8.56. The molecule has 0 aromatic rings. The van der Waals surface area contributed by atoms with Gasteiger partial charge in [-0.3, -0.25) is 9.59 Å². The number of esters is 1. The van der Waals surface area contributed by atoms with Gasteiger partial charge in [0, 0.05) is 13.5 Å². The minimum Gasteiger partial charge on any atom is -0.452 e. The Labute approximate surface area is 172 Å². The summed E-state index contributed by atoms with van der Waals surface area (Å²) in [5, 5.41) is 87.0. The summed E-state index contributed by atoms with van der Waals surface area (Å²) in [5.74, 6) is -0.808. The van der Waals surface area contributed by atoms with Crippen LogP contribution in [0.1, 0.15) is 13.8 Å². The van der Waals surface area contributed by atoms with E-state index in [0.717, 1.165) is 6.92 Å². The van der Waals surface area contributed by atoms with Crippen LogP contribution >= 0.6 is 0 Å². The Morgan fingerprint density at radius 2 is 1.13 bits per heavy atom. The molecule has 0 amide bonds. The molecule has 0 spiro atoms. The lowest BCUT2D eigenvalue weighted by atomic mass is 10.0. The Hall–Kier alpha value is -1.59. The zero-order valence-corrected chi connectivity index (χ0v) is 16.5. The molecule has 0 unspecified atom stereocenters. The smallest absolute Gasteiger partial charge is 0.303 e. The van der Waals surface area contributed by atoms with Crippen LogP contribution in [-0.2, 0) is 19.1 Å². The summed E-state index contributed by atoms with van der Waals surface area (Å²) in [5.41, 5.74) is 0. The molecule has 10 N–H and O–H groups in total. The molecule has 14 nitrogen and oxygen atoms in total. The highest BCUT2D eigenvalue weighted by Gasteiger charge is 2.33. The van der Waals surface area contributed by atoms with E-state index in [0.29, 0.717) is 0 Å². The highest BCUT2D eigenvalue weighted by molar-refractivity contribution is 5.70. The van der Waals surface area contributed by atoms with Gasteiger partial charge < -0.3 is 60.6 Å². The monoisotopic (exact) mass is 448 g/mol. The van der Waals surface area contributed by atoms with Crippen molar-refractivity contribution in [2.24, 2.45) is 0 Å². The molecular formula is C16H32O14. The van der Waals surface area contributed by atoms with E-state index in [1.165, 1.54) is 0 Å². The van der Waals surface area contributed by atoms with Gasteiger partial charge in [-0.2, -0.15) is 0 Å². The second-order valence-electron chi connectivity index (χ2n) is 5.62. The lowest BCUT2D eigenvalue weighted by molar-refractivity contribution is -0.166. The van der Waals surface area contributed by atoms with Gasteiger partial charge in [0.05, 0.1) is 13.2 Å². The molecule has 0 aliphatic heterocycles. The largest absolute Gasteiger partial charge is 0.452 e. The first-order chi connectivity index (χ1) is 13.9. The van der Waals surface area contributed by atoms with Crippen LogP contribution < -0.4 is 0 Å². The van der Waals surface area contributed by atoms with Gasteiger partial charge in [-0.1, -0.05) is 0 Å². The Bertz CT molecular complexity index is 448. The number of ether oxygens (including phenoxy) is 1. The van der Waals surface area contributed by atoms with Crippen LogP contribution in [0.4, 0.5) is 0 Å². The fourth-order valence-electron chi connectivity index (χ4n) is 1.52. The Balaban J connectivity index is -0.000000437. The molecule has 0 aliphatic rings. The van der Waals surface area contributed by atoms with E-state index in [1.807, 2.05) is 0 Å². The lowest BCUT2D eigenvalue weighted by Crippen LogP contribution is -2.47. The predicted octanol–water partition coefficient (Wildman–Crippen LogP) is -6.19. The molecule has 0 heterocycles.